The van der Waals surface area contributed by atoms with Gasteiger partial charge >= 0.3 is 0 Å². The van der Waals surface area contributed by atoms with Crippen LogP contribution in [-0.2, 0) is 6.54 Å². The highest BCUT2D eigenvalue weighted by Crippen LogP contribution is 2.20. The number of nitrogens with one attached hydrogen (secondary N) is 1. The van der Waals surface area contributed by atoms with Crippen LogP contribution in [0.3, 0.4) is 0 Å². The summed E-state index contributed by atoms with van der Waals surface area (Å²) in [5, 5.41) is 11.5. The molecule has 0 atom stereocenters. The summed E-state index contributed by atoms with van der Waals surface area (Å²) in [7, 11) is 2.02. The van der Waals surface area contributed by atoms with Crippen LogP contribution in [0.15, 0.2) is 48.2 Å². The van der Waals surface area contributed by atoms with Crippen LogP contribution in [0, 0.1) is 0 Å². The van der Waals surface area contributed by atoms with Crippen LogP contribution >= 0.6 is 0 Å². The molecule has 1 aliphatic carbocycles. The predicted molar refractivity (Wildman–Crippen MR) is 98.0 cm³/mol. The second-order valence-electron chi connectivity index (χ2n) is 6.26. The zero-order chi connectivity index (χ0) is 16.6. The second-order valence-corrected chi connectivity index (χ2v) is 6.26. The normalized spacial score (nSPS) is 14.1. The van der Waals surface area contributed by atoms with Gasteiger partial charge in [-0.25, -0.2) is 0 Å². The van der Waals surface area contributed by atoms with Gasteiger partial charge in [0.25, 0.3) is 0 Å². The Hall–Kier alpha value is -2.43. The van der Waals surface area contributed by atoms with Crippen LogP contribution in [0.25, 0.3) is 0 Å². The van der Waals surface area contributed by atoms with Crippen molar-refractivity contribution in [1.29, 1.82) is 0 Å². The minimum Gasteiger partial charge on any atom is -0.354 e. The third kappa shape index (κ3) is 4.78. The van der Waals surface area contributed by atoms with Crippen molar-refractivity contribution in [3.63, 3.8) is 0 Å². The van der Waals surface area contributed by atoms with E-state index in [9.17, 15) is 0 Å². The molecule has 0 aliphatic heterocycles. The number of hydrogen-bond donors (Lipinski definition) is 1. The first-order chi connectivity index (χ1) is 11.8. The van der Waals surface area contributed by atoms with E-state index in [1.807, 2.05) is 25.2 Å². The van der Waals surface area contributed by atoms with Crippen LogP contribution in [0.1, 0.15) is 37.7 Å². The molecule has 0 unspecified atom stereocenters. The minimum atomic E-state index is 0.601. The maximum atomic E-state index is 4.57. The lowest BCUT2D eigenvalue weighted by Crippen LogP contribution is -2.19. The minimum absolute atomic E-state index is 0.601. The smallest absolute Gasteiger partial charge is 0.244 e. The van der Waals surface area contributed by atoms with E-state index in [1.54, 1.807) is 11.8 Å². The van der Waals surface area contributed by atoms with Gasteiger partial charge in [-0.05, 0) is 37.7 Å². The van der Waals surface area contributed by atoms with E-state index in [-0.39, 0.29) is 0 Å². The summed E-state index contributed by atoms with van der Waals surface area (Å²) < 4.78 is 0. The first-order valence-electron chi connectivity index (χ1n) is 8.68. The highest BCUT2D eigenvalue weighted by Gasteiger charge is 2.07. The van der Waals surface area contributed by atoms with E-state index in [2.05, 4.69) is 43.6 Å². The summed E-state index contributed by atoms with van der Waals surface area (Å²) in [6.45, 7) is 1.66. The Morgan fingerprint density at radius 3 is 2.83 bits per heavy atom. The Bertz CT molecular complexity index is 668. The van der Waals surface area contributed by atoms with Gasteiger partial charge < -0.3 is 10.2 Å². The van der Waals surface area contributed by atoms with Crippen molar-refractivity contribution in [2.24, 2.45) is 0 Å². The topological polar surface area (TPSA) is 53.9 Å². The molecule has 1 N–H and O–H groups in total. The first kappa shape index (κ1) is 16.4. The highest BCUT2D eigenvalue weighted by molar-refractivity contribution is 5.40. The van der Waals surface area contributed by atoms with Crippen LogP contribution in [-0.4, -0.2) is 28.8 Å². The van der Waals surface area contributed by atoms with E-state index in [0.717, 1.165) is 25.3 Å². The maximum absolute atomic E-state index is 4.57. The lowest BCUT2D eigenvalue weighted by molar-refractivity contribution is 0.678. The number of aromatic nitrogens is 3. The zero-order valence-electron chi connectivity index (χ0n) is 14.3. The Balaban J connectivity index is 1.54. The molecule has 1 aromatic carbocycles. The van der Waals surface area contributed by atoms with Crippen molar-refractivity contribution in [3.05, 3.63) is 53.7 Å². The van der Waals surface area contributed by atoms with Crippen molar-refractivity contribution in [2.75, 3.05) is 23.8 Å². The predicted octanol–water partition coefficient (Wildman–Crippen LogP) is 3.81. The monoisotopic (exact) mass is 323 g/mol. The molecule has 0 radical (unpaired) electrons. The molecule has 0 saturated carbocycles. The first-order valence-corrected chi connectivity index (χ1v) is 8.68. The van der Waals surface area contributed by atoms with Crippen molar-refractivity contribution in [3.8, 4) is 0 Å². The molecule has 3 rings (SSSR count). The molecular formula is C19H25N5. The molecule has 24 heavy (non-hydrogen) atoms. The molecule has 5 heteroatoms. The lowest BCUT2D eigenvalue weighted by atomic mass is 9.97. The Morgan fingerprint density at radius 1 is 1.17 bits per heavy atom. The van der Waals surface area contributed by atoms with E-state index >= 15 is 0 Å². The van der Waals surface area contributed by atoms with Gasteiger partial charge in [-0.2, -0.15) is 10.1 Å². The molecule has 0 saturated heterocycles. The zero-order valence-corrected chi connectivity index (χ0v) is 14.3. The van der Waals surface area contributed by atoms with Crippen molar-refractivity contribution in [1.82, 2.24) is 15.2 Å². The number of rotatable bonds is 7. The molecule has 0 bridgehead atoms. The fourth-order valence-corrected chi connectivity index (χ4v) is 2.96. The third-order valence-electron chi connectivity index (χ3n) is 4.31. The van der Waals surface area contributed by atoms with Crippen LogP contribution in [0.5, 0.6) is 0 Å². The van der Waals surface area contributed by atoms with Crippen LogP contribution in [0.2, 0.25) is 0 Å². The maximum Gasteiger partial charge on any atom is 0.244 e. The van der Waals surface area contributed by atoms with Gasteiger partial charge in [0.05, 0.1) is 6.20 Å². The van der Waals surface area contributed by atoms with Gasteiger partial charge in [-0.3, -0.25) is 0 Å². The van der Waals surface area contributed by atoms with E-state index < -0.39 is 0 Å². The van der Waals surface area contributed by atoms with E-state index in [0.29, 0.717) is 5.95 Å². The van der Waals surface area contributed by atoms with Crippen LogP contribution in [0.4, 0.5) is 11.8 Å². The summed E-state index contributed by atoms with van der Waals surface area (Å²) in [4.78, 5) is 6.66. The summed E-state index contributed by atoms with van der Waals surface area (Å²) >= 11 is 0. The SMILES string of the molecule is CN(Cc1ccccc1)c1cnnc(NCCC2=CCCCC2)n1. The van der Waals surface area contributed by atoms with Gasteiger partial charge in [0, 0.05) is 20.1 Å². The Morgan fingerprint density at radius 2 is 2.04 bits per heavy atom. The van der Waals surface area contributed by atoms with E-state index in [1.165, 1.54) is 31.2 Å². The molecule has 1 aliphatic rings. The molecule has 0 fully saturated rings. The molecule has 1 heterocycles. The lowest BCUT2D eigenvalue weighted by Gasteiger charge is -2.18. The number of nitrogens with zero attached hydrogens (tertiary/aromatic N) is 4. The quantitative estimate of drug-likeness (QED) is 0.785. The molecular weight excluding hydrogens is 298 g/mol. The molecule has 0 spiro atoms. The number of allylic oxidation sites excluding steroid dienone is 1. The Kier molecular flexibility index (Phi) is 5.77. The summed E-state index contributed by atoms with van der Waals surface area (Å²) in [6.07, 6.45) is 10.3. The standard InChI is InChI=1S/C19H25N5/c1-24(15-17-10-6-3-7-11-17)18-14-21-23-19(22-18)20-13-12-16-8-4-2-5-9-16/h3,6-8,10-11,14H,2,4-5,9,12-13,15H2,1H3,(H,20,22,23). The summed E-state index contributed by atoms with van der Waals surface area (Å²) in [6, 6.07) is 10.4. The average Bonchev–Trinajstić information content (AvgIpc) is 2.64. The van der Waals surface area contributed by atoms with Gasteiger partial charge in [-0.1, -0.05) is 42.0 Å². The largest absolute Gasteiger partial charge is 0.354 e. The average molecular weight is 323 g/mol. The van der Waals surface area contributed by atoms with E-state index in [4.69, 9.17) is 0 Å². The fraction of sp³-hybridized carbons (Fsp3) is 0.421. The van der Waals surface area contributed by atoms with Crippen molar-refractivity contribution in [2.45, 2.75) is 38.6 Å². The van der Waals surface area contributed by atoms with Crippen LogP contribution < -0.4 is 10.2 Å². The van der Waals surface area contributed by atoms with Crippen molar-refractivity contribution >= 4 is 11.8 Å². The number of anilines is 2. The summed E-state index contributed by atoms with van der Waals surface area (Å²) in [5.74, 6) is 1.43. The third-order valence-corrected chi connectivity index (χ3v) is 4.31. The molecule has 2 aromatic rings. The van der Waals surface area contributed by atoms with Gasteiger partial charge in [0.2, 0.25) is 5.95 Å². The summed E-state index contributed by atoms with van der Waals surface area (Å²) in [5.41, 5.74) is 2.80. The molecule has 126 valence electrons. The second kappa shape index (κ2) is 8.43. The molecule has 5 nitrogen and oxygen atoms in total. The van der Waals surface area contributed by atoms with Gasteiger partial charge in [0.1, 0.15) is 0 Å². The van der Waals surface area contributed by atoms with Gasteiger partial charge in [0.15, 0.2) is 5.82 Å². The Labute approximate surface area is 143 Å². The molecule has 0 amide bonds. The number of benzene rings is 1. The number of hydrogen-bond acceptors (Lipinski definition) is 5. The van der Waals surface area contributed by atoms with Crippen molar-refractivity contribution < 1.29 is 0 Å². The fourth-order valence-electron chi connectivity index (χ4n) is 2.96. The molecule has 1 aromatic heterocycles. The highest BCUT2D eigenvalue weighted by atomic mass is 15.3. The van der Waals surface area contributed by atoms with Gasteiger partial charge in [-0.15, -0.1) is 5.10 Å².